The van der Waals surface area contributed by atoms with Crippen molar-refractivity contribution in [2.45, 2.75) is 194 Å². The van der Waals surface area contributed by atoms with E-state index in [1.807, 2.05) is 0 Å². The number of unbranched alkanes of at least 4 members (excludes halogenated alkanes) is 25. The van der Waals surface area contributed by atoms with E-state index in [-0.39, 0.29) is 0 Å². The molecule has 0 aromatic heterocycles. The molecule has 41 heavy (non-hydrogen) atoms. The molecule has 0 aromatic carbocycles. The van der Waals surface area contributed by atoms with Gasteiger partial charge in [0.15, 0.2) is 0 Å². The Bertz CT molecular complexity index is 521. The van der Waals surface area contributed by atoms with Gasteiger partial charge in [0.25, 0.3) is 0 Å². The number of nitrogens with zero attached hydrogens (tertiary/aromatic N) is 1. The Morgan fingerprint density at radius 3 is 1.05 bits per heavy atom. The molecule has 0 amide bonds. The van der Waals surface area contributed by atoms with Crippen molar-refractivity contribution in [2.24, 2.45) is 0 Å². The van der Waals surface area contributed by atoms with Crippen molar-refractivity contribution in [2.75, 3.05) is 40.0 Å². The van der Waals surface area contributed by atoms with E-state index in [1.54, 1.807) is 0 Å². The fourth-order valence-corrected chi connectivity index (χ4v) is 7.30. The van der Waals surface area contributed by atoms with Crippen LogP contribution in [0.3, 0.4) is 0 Å². The van der Waals surface area contributed by atoms with Crippen LogP contribution in [0.15, 0.2) is 0 Å². The number of hydrogen-bond donors (Lipinski definition) is 0. The molecule has 0 radical (unpaired) electrons. The first-order valence-electron chi connectivity index (χ1n) is 18.6. The van der Waals surface area contributed by atoms with Gasteiger partial charge in [-0.2, -0.15) is 0 Å². The van der Waals surface area contributed by atoms with E-state index < -0.39 is 7.60 Å². The third kappa shape index (κ3) is 32.9. The summed E-state index contributed by atoms with van der Waals surface area (Å²) in [6.45, 7) is 6.93. The lowest BCUT2D eigenvalue weighted by atomic mass is 10.0. The van der Waals surface area contributed by atoms with Crippen LogP contribution in [0.2, 0.25) is 0 Å². The minimum Gasteiger partial charge on any atom is -0.309 e. The SMILES string of the molecule is CCCCCCCCOP(=O)(CCCCCCCCCCCCCCCCCCN(C)C)OCCCCCCCC. The van der Waals surface area contributed by atoms with Gasteiger partial charge in [-0.15, -0.1) is 0 Å². The minimum absolute atomic E-state index is 0.594. The van der Waals surface area contributed by atoms with Gasteiger partial charge in [0.05, 0.1) is 19.4 Å². The van der Waals surface area contributed by atoms with E-state index in [2.05, 4.69) is 32.8 Å². The molecule has 0 atom stereocenters. The molecule has 0 aromatic rings. The highest BCUT2D eigenvalue weighted by atomic mass is 31.2. The molecule has 0 heterocycles. The van der Waals surface area contributed by atoms with Crippen LogP contribution < -0.4 is 0 Å². The van der Waals surface area contributed by atoms with Crippen molar-refractivity contribution in [3.63, 3.8) is 0 Å². The van der Waals surface area contributed by atoms with E-state index in [1.165, 1.54) is 161 Å². The van der Waals surface area contributed by atoms with Crippen LogP contribution in [0.5, 0.6) is 0 Å². The molecule has 0 aliphatic rings. The summed E-state index contributed by atoms with van der Waals surface area (Å²) in [6.07, 6.45) is 36.9. The fraction of sp³-hybridized carbons (Fsp3) is 1.00. The van der Waals surface area contributed by atoms with Crippen LogP contribution in [0.25, 0.3) is 0 Å². The zero-order valence-corrected chi connectivity index (χ0v) is 29.6. The molecule has 0 saturated carbocycles. The van der Waals surface area contributed by atoms with Crippen LogP contribution in [0, 0.1) is 0 Å². The van der Waals surface area contributed by atoms with Crippen LogP contribution in [0.4, 0.5) is 0 Å². The van der Waals surface area contributed by atoms with Gasteiger partial charge >= 0.3 is 7.60 Å². The maximum atomic E-state index is 13.4. The second kappa shape index (κ2) is 33.0. The molecule has 0 aliphatic carbocycles. The molecular weight excluding hydrogens is 525 g/mol. The molecular formula is C36H76NO3P. The number of rotatable bonds is 35. The summed E-state index contributed by atoms with van der Waals surface area (Å²) in [6, 6.07) is 0. The van der Waals surface area contributed by atoms with Crippen LogP contribution in [-0.4, -0.2) is 44.9 Å². The molecule has 0 spiro atoms. The zero-order chi connectivity index (χ0) is 30.1. The molecule has 0 unspecified atom stereocenters. The van der Waals surface area contributed by atoms with Crippen molar-refractivity contribution in [1.29, 1.82) is 0 Å². The summed E-state index contributed by atoms with van der Waals surface area (Å²) in [4.78, 5) is 2.29. The first-order valence-corrected chi connectivity index (χ1v) is 20.3. The van der Waals surface area contributed by atoms with Gasteiger partial charge in [-0.05, 0) is 46.3 Å². The van der Waals surface area contributed by atoms with Crippen molar-refractivity contribution in [3.8, 4) is 0 Å². The topological polar surface area (TPSA) is 38.8 Å². The van der Waals surface area contributed by atoms with E-state index in [0.29, 0.717) is 19.4 Å². The maximum absolute atomic E-state index is 13.4. The lowest BCUT2D eigenvalue weighted by Gasteiger charge is -2.19. The van der Waals surface area contributed by atoms with Crippen molar-refractivity contribution < 1.29 is 13.6 Å². The molecule has 0 N–H and O–H groups in total. The van der Waals surface area contributed by atoms with E-state index in [0.717, 1.165) is 25.7 Å². The van der Waals surface area contributed by atoms with Gasteiger partial charge < -0.3 is 13.9 Å². The smallest absolute Gasteiger partial charge is 0.309 e. The third-order valence-electron chi connectivity index (χ3n) is 8.36. The molecule has 248 valence electrons. The Morgan fingerprint density at radius 2 is 0.707 bits per heavy atom. The third-order valence-corrected chi connectivity index (χ3v) is 10.4. The fourth-order valence-electron chi connectivity index (χ4n) is 5.55. The van der Waals surface area contributed by atoms with Gasteiger partial charge in [0.1, 0.15) is 0 Å². The summed E-state index contributed by atoms with van der Waals surface area (Å²) < 4.78 is 25.3. The van der Waals surface area contributed by atoms with E-state index in [4.69, 9.17) is 9.05 Å². The summed E-state index contributed by atoms with van der Waals surface area (Å²) >= 11 is 0. The van der Waals surface area contributed by atoms with Crippen molar-refractivity contribution in [3.05, 3.63) is 0 Å². The summed E-state index contributed by atoms with van der Waals surface area (Å²) in [7, 11) is 1.40. The first kappa shape index (κ1) is 41.1. The highest BCUT2D eigenvalue weighted by Crippen LogP contribution is 2.49. The van der Waals surface area contributed by atoms with Crippen LogP contribution in [-0.2, 0) is 13.6 Å². The van der Waals surface area contributed by atoms with Gasteiger partial charge in [-0.25, -0.2) is 0 Å². The standard InChI is InChI=1S/C36H76NO3P/c1-5-7-9-11-26-30-34-39-41(38,40-35-31-27-12-10-8-6-2)36-32-28-24-22-20-18-16-14-13-15-17-19-21-23-25-29-33-37(3)4/h5-36H2,1-4H3. The number of hydrogen-bond acceptors (Lipinski definition) is 4. The Balaban J connectivity index is 3.80. The highest BCUT2D eigenvalue weighted by molar-refractivity contribution is 7.53. The average Bonchev–Trinajstić information content (AvgIpc) is 2.95. The predicted molar refractivity (Wildman–Crippen MR) is 184 cm³/mol. The first-order chi connectivity index (χ1) is 20.0. The average molecular weight is 602 g/mol. The van der Waals surface area contributed by atoms with E-state index in [9.17, 15) is 4.57 Å². The van der Waals surface area contributed by atoms with Crippen molar-refractivity contribution >= 4 is 7.60 Å². The monoisotopic (exact) mass is 602 g/mol. The summed E-state index contributed by atoms with van der Waals surface area (Å²) in [5.74, 6) is 0. The van der Waals surface area contributed by atoms with Crippen LogP contribution in [0.1, 0.15) is 194 Å². The minimum atomic E-state index is -2.94. The Hall–Kier alpha value is 0.110. The zero-order valence-electron chi connectivity index (χ0n) is 28.7. The molecule has 5 heteroatoms. The van der Waals surface area contributed by atoms with Gasteiger partial charge in [0.2, 0.25) is 0 Å². The Morgan fingerprint density at radius 1 is 0.415 bits per heavy atom. The molecule has 0 bridgehead atoms. The molecule has 0 saturated heterocycles. The Kier molecular flexibility index (Phi) is 33.1. The molecule has 0 rings (SSSR count). The highest BCUT2D eigenvalue weighted by Gasteiger charge is 2.23. The normalized spacial score (nSPS) is 12.1. The lowest BCUT2D eigenvalue weighted by Crippen LogP contribution is -2.12. The lowest BCUT2D eigenvalue weighted by molar-refractivity contribution is 0.197. The van der Waals surface area contributed by atoms with Gasteiger partial charge in [0, 0.05) is 0 Å². The maximum Gasteiger partial charge on any atom is 0.330 e. The Labute approximate surface area is 259 Å². The molecule has 0 fully saturated rings. The van der Waals surface area contributed by atoms with Gasteiger partial charge in [-0.1, -0.05) is 168 Å². The summed E-state index contributed by atoms with van der Waals surface area (Å²) in [5, 5.41) is 0. The molecule has 4 nitrogen and oxygen atoms in total. The van der Waals surface area contributed by atoms with E-state index >= 15 is 0 Å². The summed E-state index contributed by atoms with van der Waals surface area (Å²) in [5.41, 5.74) is 0. The largest absolute Gasteiger partial charge is 0.330 e. The van der Waals surface area contributed by atoms with Crippen LogP contribution >= 0.6 is 7.60 Å². The predicted octanol–water partition coefficient (Wildman–Crippen LogP) is 12.7. The second-order valence-corrected chi connectivity index (χ2v) is 15.2. The second-order valence-electron chi connectivity index (χ2n) is 13.0. The molecule has 0 aliphatic heterocycles. The van der Waals surface area contributed by atoms with Gasteiger partial charge in [-0.3, -0.25) is 4.57 Å². The quantitative estimate of drug-likeness (QED) is 0.0535. The van der Waals surface area contributed by atoms with Crippen molar-refractivity contribution in [1.82, 2.24) is 4.90 Å².